The van der Waals surface area contributed by atoms with Crippen LogP contribution in [0.4, 0.5) is 0 Å². The van der Waals surface area contributed by atoms with Gasteiger partial charge >= 0.3 is 0 Å². The van der Waals surface area contributed by atoms with E-state index >= 15 is 0 Å². The lowest BCUT2D eigenvalue weighted by molar-refractivity contribution is -0.133. The summed E-state index contributed by atoms with van der Waals surface area (Å²) in [6.45, 7) is 6.27. The van der Waals surface area contributed by atoms with Crippen LogP contribution < -0.4 is 21.7 Å². The molecular formula is C30H38N6O2. The van der Waals surface area contributed by atoms with Crippen molar-refractivity contribution in [3.63, 3.8) is 0 Å². The Hall–Kier alpha value is -3.91. The molecule has 0 unspecified atom stereocenters. The number of carbonyl (C=O) groups excluding carboxylic acids is 2. The number of hydrogen-bond acceptors (Lipinski definition) is 4. The van der Waals surface area contributed by atoms with Crippen LogP contribution in [0, 0.1) is 19.3 Å². The van der Waals surface area contributed by atoms with Crippen molar-refractivity contribution in [3.8, 4) is 0 Å². The zero-order chi connectivity index (χ0) is 27.1. The van der Waals surface area contributed by atoms with Crippen molar-refractivity contribution in [2.45, 2.75) is 51.7 Å². The van der Waals surface area contributed by atoms with Crippen molar-refractivity contribution in [1.82, 2.24) is 20.9 Å². The van der Waals surface area contributed by atoms with E-state index < -0.39 is 0 Å². The van der Waals surface area contributed by atoms with Gasteiger partial charge in [-0.15, -0.1) is 0 Å². The second-order valence-corrected chi connectivity index (χ2v) is 10.2. The molecule has 1 saturated heterocycles. The molecule has 8 heteroatoms. The number of hydrogen-bond donors (Lipinski definition) is 5. The molecular weight excluding hydrogens is 476 g/mol. The van der Waals surface area contributed by atoms with Crippen molar-refractivity contribution in [1.29, 1.82) is 5.41 Å². The first-order valence-electron chi connectivity index (χ1n) is 13.3. The molecule has 2 atom stereocenters. The SMILES string of the molecule is Cc1cc(C)cc(CN2CC[C@@H](CNC(=O)c3ccc4ccccc4c3)N[C@@H](CCCNC(=N)N)C2=O)c1. The van der Waals surface area contributed by atoms with Gasteiger partial charge in [0, 0.05) is 37.8 Å². The fourth-order valence-corrected chi connectivity index (χ4v) is 5.16. The van der Waals surface area contributed by atoms with E-state index in [-0.39, 0.29) is 29.9 Å². The maximum Gasteiger partial charge on any atom is 0.251 e. The second-order valence-electron chi connectivity index (χ2n) is 10.2. The zero-order valence-electron chi connectivity index (χ0n) is 22.2. The lowest BCUT2D eigenvalue weighted by atomic mass is 10.1. The first kappa shape index (κ1) is 27.1. The van der Waals surface area contributed by atoms with Gasteiger partial charge in [0.25, 0.3) is 5.91 Å². The Bertz CT molecular complexity index is 1290. The predicted octanol–water partition coefficient (Wildman–Crippen LogP) is 3.21. The molecule has 3 aromatic rings. The van der Waals surface area contributed by atoms with Crippen LogP contribution >= 0.6 is 0 Å². The van der Waals surface area contributed by atoms with Crippen LogP contribution in [0.5, 0.6) is 0 Å². The lowest BCUT2D eigenvalue weighted by Crippen LogP contribution is -2.49. The Kier molecular flexibility index (Phi) is 8.97. The van der Waals surface area contributed by atoms with E-state index in [1.165, 1.54) is 11.1 Å². The van der Waals surface area contributed by atoms with Gasteiger partial charge in [0.2, 0.25) is 5.91 Å². The predicted molar refractivity (Wildman–Crippen MR) is 152 cm³/mol. The molecule has 0 bridgehead atoms. The van der Waals surface area contributed by atoms with Gasteiger partial charge in [-0.25, -0.2) is 0 Å². The summed E-state index contributed by atoms with van der Waals surface area (Å²) in [5.74, 6) is -0.131. The molecule has 1 aliphatic rings. The van der Waals surface area contributed by atoms with Gasteiger partial charge in [-0.1, -0.05) is 59.7 Å². The van der Waals surface area contributed by atoms with Gasteiger partial charge in [0.15, 0.2) is 5.96 Å². The fraction of sp³-hybridized carbons (Fsp3) is 0.367. The normalized spacial score (nSPS) is 17.7. The summed E-state index contributed by atoms with van der Waals surface area (Å²) in [7, 11) is 0. The number of nitrogens with two attached hydrogens (primary N) is 1. The minimum absolute atomic E-state index is 0.0432. The highest BCUT2D eigenvalue weighted by Crippen LogP contribution is 2.18. The Balaban J connectivity index is 1.43. The van der Waals surface area contributed by atoms with Gasteiger partial charge < -0.3 is 26.6 Å². The van der Waals surface area contributed by atoms with Crippen LogP contribution in [0.25, 0.3) is 10.8 Å². The Morgan fingerprint density at radius 2 is 1.79 bits per heavy atom. The van der Waals surface area contributed by atoms with Crippen LogP contribution in [-0.2, 0) is 11.3 Å². The van der Waals surface area contributed by atoms with Gasteiger partial charge in [-0.05, 0) is 61.6 Å². The number of fused-ring (bicyclic) bond motifs is 1. The molecule has 0 aliphatic carbocycles. The molecule has 0 aromatic heterocycles. The average Bonchev–Trinajstić information content (AvgIpc) is 3.03. The molecule has 2 amide bonds. The summed E-state index contributed by atoms with van der Waals surface area (Å²) >= 11 is 0. The molecule has 3 aromatic carbocycles. The van der Waals surface area contributed by atoms with Gasteiger partial charge in [-0.3, -0.25) is 15.0 Å². The van der Waals surface area contributed by atoms with Crippen molar-refractivity contribution in [3.05, 3.63) is 82.9 Å². The van der Waals surface area contributed by atoms with Crippen molar-refractivity contribution < 1.29 is 9.59 Å². The minimum atomic E-state index is -0.375. The fourth-order valence-electron chi connectivity index (χ4n) is 5.16. The highest BCUT2D eigenvalue weighted by Gasteiger charge is 2.30. The number of benzene rings is 3. The molecule has 1 aliphatic heterocycles. The topological polar surface area (TPSA) is 123 Å². The number of nitrogens with zero attached hydrogens (tertiary/aromatic N) is 1. The highest BCUT2D eigenvalue weighted by molar-refractivity contribution is 5.98. The summed E-state index contributed by atoms with van der Waals surface area (Å²) < 4.78 is 0. The van der Waals surface area contributed by atoms with Crippen molar-refractivity contribution in [2.75, 3.05) is 19.6 Å². The molecule has 1 fully saturated rings. The Morgan fingerprint density at radius 1 is 1.05 bits per heavy atom. The van der Waals surface area contributed by atoms with Crippen molar-refractivity contribution in [2.24, 2.45) is 5.73 Å². The van der Waals surface area contributed by atoms with E-state index in [0.29, 0.717) is 44.6 Å². The maximum atomic E-state index is 13.6. The number of nitrogens with one attached hydrogen (secondary N) is 4. The summed E-state index contributed by atoms with van der Waals surface area (Å²) in [6.07, 6.45) is 2.03. The van der Waals surface area contributed by atoms with E-state index in [2.05, 4.69) is 48.0 Å². The number of guanidine groups is 1. The Morgan fingerprint density at radius 3 is 2.53 bits per heavy atom. The Labute approximate surface area is 224 Å². The minimum Gasteiger partial charge on any atom is -0.370 e. The first-order chi connectivity index (χ1) is 18.3. The van der Waals surface area contributed by atoms with Gasteiger partial charge in [0.1, 0.15) is 0 Å². The smallest absolute Gasteiger partial charge is 0.251 e. The van der Waals surface area contributed by atoms with Crippen LogP contribution in [0.1, 0.15) is 46.3 Å². The van der Waals surface area contributed by atoms with E-state index in [0.717, 1.165) is 22.8 Å². The second kappa shape index (κ2) is 12.6. The molecule has 8 nitrogen and oxygen atoms in total. The van der Waals surface area contributed by atoms with Gasteiger partial charge in [0.05, 0.1) is 6.04 Å². The summed E-state index contributed by atoms with van der Waals surface area (Å²) in [4.78, 5) is 28.4. The number of carbonyl (C=O) groups is 2. The lowest BCUT2D eigenvalue weighted by Gasteiger charge is -2.25. The maximum absolute atomic E-state index is 13.6. The third kappa shape index (κ3) is 7.32. The third-order valence-corrected chi connectivity index (χ3v) is 6.95. The van der Waals surface area contributed by atoms with Crippen LogP contribution in [0.3, 0.4) is 0 Å². The molecule has 0 spiro atoms. The van der Waals surface area contributed by atoms with E-state index in [1.54, 1.807) is 0 Å². The van der Waals surface area contributed by atoms with Gasteiger partial charge in [-0.2, -0.15) is 0 Å². The largest absolute Gasteiger partial charge is 0.370 e. The monoisotopic (exact) mass is 514 g/mol. The average molecular weight is 515 g/mol. The number of amides is 2. The number of aryl methyl sites for hydroxylation is 2. The van der Waals surface area contributed by atoms with E-state index in [9.17, 15) is 9.59 Å². The first-order valence-corrected chi connectivity index (χ1v) is 13.3. The van der Waals surface area contributed by atoms with E-state index in [1.807, 2.05) is 47.4 Å². The third-order valence-electron chi connectivity index (χ3n) is 6.95. The standard InChI is InChI=1S/C30H38N6O2/c1-20-14-21(2)16-22(15-20)19-36-13-11-26(35-27(29(36)38)8-5-12-33-30(31)32)18-34-28(37)25-10-9-23-6-3-4-7-24(23)17-25/h3-4,6-7,9-10,14-17,26-27,35H,5,8,11-13,18-19H2,1-2H3,(H,34,37)(H4,31,32,33)/t26-,27-/m0/s1. The molecule has 4 rings (SSSR count). The van der Waals surface area contributed by atoms with Crippen LogP contribution in [0.2, 0.25) is 0 Å². The quantitative estimate of drug-likeness (QED) is 0.170. The zero-order valence-corrected chi connectivity index (χ0v) is 22.2. The molecule has 6 N–H and O–H groups in total. The summed E-state index contributed by atoms with van der Waals surface area (Å²) in [5.41, 5.74) is 9.51. The molecule has 200 valence electrons. The van der Waals surface area contributed by atoms with E-state index in [4.69, 9.17) is 11.1 Å². The summed E-state index contributed by atoms with van der Waals surface area (Å²) in [6, 6.07) is 19.7. The molecule has 38 heavy (non-hydrogen) atoms. The van der Waals surface area contributed by atoms with Crippen molar-refractivity contribution >= 4 is 28.5 Å². The van der Waals surface area contributed by atoms with Crippen LogP contribution in [-0.4, -0.2) is 54.4 Å². The molecule has 0 radical (unpaired) electrons. The molecule has 1 heterocycles. The number of rotatable bonds is 9. The molecule has 0 saturated carbocycles. The summed E-state index contributed by atoms with van der Waals surface area (Å²) in [5, 5.41) is 18.9. The van der Waals surface area contributed by atoms with Crippen LogP contribution in [0.15, 0.2) is 60.7 Å². The highest BCUT2D eigenvalue weighted by atomic mass is 16.2.